The lowest BCUT2D eigenvalue weighted by molar-refractivity contribution is 0.316. The molecule has 4 aromatic heterocycles. The summed E-state index contributed by atoms with van der Waals surface area (Å²) in [5.74, 6) is 0.262. The van der Waals surface area contributed by atoms with Crippen molar-refractivity contribution in [3.8, 4) is 5.75 Å². The number of halogens is 1. The molecule has 4 heterocycles. The van der Waals surface area contributed by atoms with E-state index in [1.807, 2.05) is 45.2 Å². The molecular weight excluding hydrogens is 672 g/mol. The Balaban J connectivity index is 0.000000164. The first-order valence-corrected chi connectivity index (χ1v) is 18.3. The second-order valence-electron chi connectivity index (χ2n) is 13.1. The zero-order chi connectivity index (χ0) is 37.2. The average Bonchev–Trinajstić information content (AvgIpc) is 3.82. The Morgan fingerprint density at radius 2 is 1.13 bits per heavy atom. The molecule has 0 saturated carbocycles. The number of pyridine rings is 2. The largest absolute Gasteiger partial charge is 0.497 e. The lowest BCUT2D eigenvalue weighted by Gasteiger charge is -2.19. The molecule has 2 N–H and O–H groups in total. The Morgan fingerprint density at radius 1 is 0.660 bits per heavy atom. The van der Waals surface area contributed by atoms with E-state index in [1.165, 1.54) is 12.1 Å². The summed E-state index contributed by atoms with van der Waals surface area (Å²) in [6, 6.07) is 17.6. The Bertz CT molecular complexity index is 2650. The number of ether oxygens (including phenoxy) is 1. The molecule has 8 rings (SSSR count). The number of imidazole rings is 2. The van der Waals surface area contributed by atoms with Gasteiger partial charge in [-0.1, -0.05) is 27.7 Å². The number of methoxy groups -OCH3 is 1. The quantitative estimate of drug-likeness (QED) is 0.129. The van der Waals surface area contributed by atoms with Gasteiger partial charge in [-0.25, -0.2) is 14.4 Å². The first-order valence-electron chi connectivity index (χ1n) is 18.3. The zero-order valence-corrected chi connectivity index (χ0v) is 30.9. The van der Waals surface area contributed by atoms with Crippen molar-refractivity contribution in [2.24, 2.45) is 0 Å². The highest BCUT2D eigenvalue weighted by Gasteiger charge is 2.18. The van der Waals surface area contributed by atoms with Crippen LogP contribution in [0.2, 0.25) is 0 Å². The smallest absolute Gasteiger partial charge is 0.199 e. The normalized spacial score (nSPS) is 11.9. The summed E-state index contributed by atoms with van der Waals surface area (Å²) in [5, 5.41) is 9.11. The first-order chi connectivity index (χ1) is 25.8. The van der Waals surface area contributed by atoms with Crippen LogP contribution in [-0.2, 0) is 0 Å². The van der Waals surface area contributed by atoms with Crippen LogP contribution in [-0.4, -0.2) is 88.0 Å². The molecule has 0 atom stereocenters. The standard InChI is InChI=1S/C21H24N4O2.C20H21FN4O/c1-4-24(5-2)11-10-22-16-7-8-17-20-19(16)21(26)15-12-14(27-3)6-9-18(15)25(20)13-23-17;1-3-24(4-2)10-9-22-15-6-7-16-19-18(15)20(26)14-11-13(21)5-8-17(14)25(19)12-23-16/h6-9,12-13,22H,4-5,10-11H2,1-3H3;5-8,11-12,22H,3-4,9-10H2,1-2H3. The third kappa shape index (κ3) is 6.53. The van der Waals surface area contributed by atoms with E-state index in [9.17, 15) is 14.0 Å². The number of nitrogens with one attached hydrogen (secondary N) is 2. The minimum Gasteiger partial charge on any atom is -0.497 e. The molecule has 0 saturated heterocycles. The van der Waals surface area contributed by atoms with E-state index in [2.05, 4.69) is 58.1 Å². The lowest BCUT2D eigenvalue weighted by Crippen LogP contribution is -2.28. The SMILES string of the molecule is CCN(CC)CCNc1ccc2ncn3c4ccc(F)cc4c(=O)c1c23.CCN(CC)CCNc1ccc2ncn3c4ccc(OC)cc4c(=O)c1c23. The van der Waals surface area contributed by atoms with Crippen LogP contribution in [0.25, 0.3) is 54.6 Å². The maximum Gasteiger partial charge on any atom is 0.199 e. The zero-order valence-electron chi connectivity index (χ0n) is 30.9. The van der Waals surface area contributed by atoms with Crippen molar-refractivity contribution in [3.05, 3.63) is 99.6 Å². The summed E-state index contributed by atoms with van der Waals surface area (Å²) in [4.78, 5) is 40.0. The average molecular weight is 717 g/mol. The van der Waals surface area contributed by atoms with Crippen molar-refractivity contribution in [3.63, 3.8) is 0 Å². The van der Waals surface area contributed by atoms with E-state index in [1.54, 1.807) is 31.9 Å². The van der Waals surface area contributed by atoms with Gasteiger partial charge in [0.15, 0.2) is 10.9 Å². The summed E-state index contributed by atoms with van der Waals surface area (Å²) < 4.78 is 22.9. The maximum atomic E-state index is 13.7. The predicted octanol–water partition coefficient (Wildman–Crippen LogP) is 6.53. The molecule has 0 aliphatic heterocycles. The topological polar surface area (TPSA) is 109 Å². The Morgan fingerprint density at radius 3 is 1.60 bits per heavy atom. The predicted molar refractivity (Wildman–Crippen MR) is 214 cm³/mol. The van der Waals surface area contributed by atoms with Gasteiger partial charge in [-0.3, -0.25) is 18.4 Å². The van der Waals surface area contributed by atoms with E-state index in [0.717, 1.165) is 91.3 Å². The minimum atomic E-state index is -0.413. The maximum absolute atomic E-state index is 13.7. The van der Waals surface area contributed by atoms with Crippen LogP contribution < -0.4 is 26.2 Å². The van der Waals surface area contributed by atoms with Crippen molar-refractivity contribution >= 4 is 66.0 Å². The Hall–Kier alpha value is -5.59. The van der Waals surface area contributed by atoms with Gasteiger partial charge in [0.25, 0.3) is 0 Å². The van der Waals surface area contributed by atoms with Crippen LogP contribution in [0.5, 0.6) is 5.75 Å². The fourth-order valence-electron chi connectivity index (χ4n) is 7.31. The number of hydrogen-bond acceptors (Lipinski definition) is 9. The number of hydrogen-bond donors (Lipinski definition) is 2. The van der Waals surface area contributed by atoms with Gasteiger partial charge in [-0.05, 0) is 86.8 Å². The van der Waals surface area contributed by atoms with Crippen LogP contribution >= 0.6 is 0 Å². The minimum absolute atomic E-state index is 0.00726. The van der Waals surface area contributed by atoms with Gasteiger partial charge in [0.2, 0.25) is 0 Å². The highest BCUT2D eigenvalue weighted by atomic mass is 19.1. The van der Waals surface area contributed by atoms with E-state index < -0.39 is 5.82 Å². The number of aromatic nitrogens is 4. The number of likely N-dealkylation sites (N-methyl/N-ethyl adjacent to an activating group) is 2. The molecule has 53 heavy (non-hydrogen) atoms. The summed E-state index contributed by atoms with van der Waals surface area (Å²) >= 11 is 0. The third-order valence-electron chi connectivity index (χ3n) is 10.3. The van der Waals surface area contributed by atoms with Crippen molar-refractivity contribution in [2.75, 3.05) is 70.1 Å². The summed E-state index contributed by atoms with van der Waals surface area (Å²) in [6.07, 6.45) is 3.47. The molecule has 0 spiro atoms. The molecule has 0 fully saturated rings. The number of anilines is 2. The number of nitrogens with zero attached hydrogens (tertiary/aromatic N) is 6. The van der Waals surface area contributed by atoms with Gasteiger partial charge in [0, 0.05) is 42.9 Å². The monoisotopic (exact) mass is 716 g/mol. The molecule has 0 radical (unpaired) electrons. The summed E-state index contributed by atoms with van der Waals surface area (Å²) in [6.45, 7) is 15.9. The molecule has 0 aliphatic carbocycles. The molecule has 8 aromatic rings. The van der Waals surface area contributed by atoms with E-state index in [0.29, 0.717) is 32.8 Å². The van der Waals surface area contributed by atoms with Crippen molar-refractivity contribution < 1.29 is 9.13 Å². The van der Waals surface area contributed by atoms with Crippen molar-refractivity contribution in [1.82, 2.24) is 28.6 Å². The molecule has 274 valence electrons. The van der Waals surface area contributed by atoms with Crippen LogP contribution in [0.15, 0.2) is 82.9 Å². The van der Waals surface area contributed by atoms with E-state index in [-0.39, 0.29) is 10.9 Å². The molecule has 0 bridgehead atoms. The van der Waals surface area contributed by atoms with E-state index >= 15 is 0 Å². The second-order valence-corrected chi connectivity index (χ2v) is 13.1. The molecule has 12 heteroatoms. The fourth-order valence-corrected chi connectivity index (χ4v) is 7.31. The highest BCUT2D eigenvalue weighted by Crippen LogP contribution is 2.31. The molecule has 0 amide bonds. The molecular formula is C41H45FN8O3. The summed E-state index contributed by atoms with van der Waals surface area (Å²) in [5.41, 5.74) is 6.22. The Labute approximate surface area is 306 Å². The van der Waals surface area contributed by atoms with Gasteiger partial charge in [0.1, 0.15) is 24.2 Å². The second kappa shape index (κ2) is 15.2. The van der Waals surface area contributed by atoms with Crippen molar-refractivity contribution in [1.29, 1.82) is 0 Å². The highest BCUT2D eigenvalue weighted by molar-refractivity contribution is 6.08. The van der Waals surface area contributed by atoms with Gasteiger partial charge in [-0.2, -0.15) is 0 Å². The summed E-state index contributed by atoms with van der Waals surface area (Å²) in [7, 11) is 1.61. The van der Waals surface area contributed by atoms with Gasteiger partial charge in [0.05, 0.1) is 56.4 Å². The van der Waals surface area contributed by atoms with E-state index in [4.69, 9.17) is 4.74 Å². The number of fused-ring (bicyclic) bond motifs is 4. The lowest BCUT2D eigenvalue weighted by atomic mass is 10.1. The van der Waals surface area contributed by atoms with Gasteiger partial charge in [-0.15, -0.1) is 0 Å². The number of rotatable bonds is 13. The van der Waals surface area contributed by atoms with Crippen LogP contribution in [0.4, 0.5) is 15.8 Å². The Kier molecular flexibility index (Phi) is 10.3. The molecule has 0 aliphatic rings. The molecule has 0 unspecified atom stereocenters. The van der Waals surface area contributed by atoms with Crippen LogP contribution in [0.3, 0.4) is 0 Å². The fraction of sp³-hybridized carbons (Fsp3) is 0.317. The van der Waals surface area contributed by atoms with Crippen molar-refractivity contribution in [2.45, 2.75) is 27.7 Å². The first kappa shape index (κ1) is 35.8. The molecule has 11 nitrogen and oxygen atoms in total. The van der Waals surface area contributed by atoms with Gasteiger partial charge < -0.3 is 25.2 Å². The van der Waals surface area contributed by atoms with Crippen LogP contribution in [0.1, 0.15) is 27.7 Å². The number of benzene rings is 4. The van der Waals surface area contributed by atoms with Crippen LogP contribution in [0, 0.1) is 5.82 Å². The molecule has 4 aromatic carbocycles. The third-order valence-corrected chi connectivity index (χ3v) is 10.3. The van der Waals surface area contributed by atoms with Gasteiger partial charge >= 0.3 is 0 Å².